The molecule has 0 fully saturated rings. The van der Waals surface area contributed by atoms with Crippen molar-refractivity contribution in [2.75, 3.05) is 0 Å². The zero-order chi connectivity index (χ0) is 17.4. The van der Waals surface area contributed by atoms with E-state index in [-0.39, 0.29) is 33.8 Å². The number of carbonyl (C=O) groups excluding carboxylic acids is 1. The minimum Gasteiger partial charge on any atom is -0.425 e. The van der Waals surface area contributed by atoms with Gasteiger partial charge in [-0.1, -0.05) is 50.9 Å². The molecule has 6 nitrogen and oxygen atoms in total. The Labute approximate surface area is 142 Å². The van der Waals surface area contributed by atoms with Gasteiger partial charge in [0, 0.05) is 17.9 Å². The lowest BCUT2D eigenvalue weighted by atomic mass is 9.97. The average molecular weight is 359 g/mol. The lowest BCUT2D eigenvalue weighted by Gasteiger charge is -2.11. The molecule has 0 aliphatic carbocycles. The highest BCUT2D eigenvalue weighted by molar-refractivity contribution is 6.36. The molecule has 0 saturated heterocycles. The molecule has 0 radical (unpaired) electrons. The van der Waals surface area contributed by atoms with Crippen LogP contribution in [0, 0.1) is 0 Å². The van der Waals surface area contributed by atoms with E-state index in [0.717, 1.165) is 4.68 Å². The number of hydrogen-bond acceptors (Lipinski definition) is 5. The molecule has 2 rings (SSSR count). The molecule has 2 aromatic rings. The fourth-order valence-corrected chi connectivity index (χ4v) is 2.19. The van der Waals surface area contributed by atoms with Gasteiger partial charge in [0.25, 0.3) is 0 Å². The van der Waals surface area contributed by atoms with Gasteiger partial charge in [-0.25, -0.2) is 4.79 Å². The van der Waals surface area contributed by atoms with Crippen LogP contribution in [0.1, 0.15) is 40.0 Å². The van der Waals surface area contributed by atoms with E-state index in [1.807, 2.05) is 20.8 Å². The standard InChI is InChI=1S/C15H16Cl2N2O4/c1-5-12(20)22-11-7-10(8(16)6-9(11)17)19-14(21)23-13(18-19)15(2,3)4/h6-7H,5H2,1-4H3. The quantitative estimate of drug-likeness (QED) is 0.616. The lowest BCUT2D eigenvalue weighted by Crippen LogP contribution is -2.15. The second-order valence-corrected chi connectivity index (χ2v) is 6.71. The van der Waals surface area contributed by atoms with Gasteiger partial charge in [0.1, 0.15) is 0 Å². The predicted molar refractivity (Wildman–Crippen MR) is 86.7 cm³/mol. The van der Waals surface area contributed by atoms with Crippen molar-refractivity contribution < 1.29 is 13.9 Å². The van der Waals surface area contributed by atoms with E-state index in [9.17, 15) is 9.59 Å². The number of aromatic nitrogens is 2. The number of hydrogen-bond donors (Lipinski definition) is 0. The molecule has 23 heavy (non-hydrogen) atoms. The first kappa shape index (κ1) is 17.6. The summed E-state index contributed by atoms with van der Waals surface area (Å²) in [7, 11) is 0. The van der Waals surface area contributed by atoms with Crippen LogP contribution in [0.2, 0.25) is 10.0 Å². The van der Waals surface area contributed by atoms with Crippen molar-refractivity contribution in [3.05, 3.63) is 38.6 Å². The maximum atomic E-state index is 12.0. The van der Waals surface area contributed by atoms with Gasteiger partial charge in [0.05, 0.1) is 15.7 Å². The van der Waals surface area contributed by atoms with Gasteiger partial charge in [0.2, 0.25) is 5.89 Å². The number of benzene rings is 1. The molecule has 0 amide bonds. The van der Waals surface area contributed by atoms with Crippen molar-refractivity contribution in [2.24, 2.45) is 0 Å². The van der Waals surface area contributed by atoms with E-state index >= 15 is 0 Å². The summed E-state index contributed by atoms with van der Waals surface area (Å²) in [4.78, 5) is 23.5. The molecule has 8 heteroatoms. The van der Waals surface area contributed by atoms with Gasteiger partial charge in [0.15, 0.2) is 5.75 Å². The third kappa shape index (κ3) is 3.76. The van der Waals surface area contributed by atoms with Crippen LogP contribution in [0.4, 0.5) is 0 Å². The topological polar surface area (TPSA) is 74.3 Å². The Morgan fingerprint density at radius 3 is 2.48 bits per heavy atom. The summed E-state index contributed by atoms with van der Waals surface area (Å²) in [5, 5.41) is 4.49. The molecule has 0 aliphatic heterocycles. The number of carbonyl (C=O) groups is 1. The van der Waals surface area contributed by atoms with Gasteiger partial charge >= 0.3 is 11.7 Å². The monoisotopic (exact) mass is 358 g/mol. The molecule has 124 valence electrons. The minimum absolute atomic E-state index is 0.102. The Hall–Kier alpha value is -1.79. The summed E-state index contributed by atoms with van der Waals surface area (Å²) < 4.78 is 11.3. The van der Waals surface area contributed by atoms with Crippen LogP contribution in [0.15, 0.2) is 21.3 Å². The Bertz CT molecular complexity index is 803. The number of ether oxygens (including phenoxy) is 1. The molecule has 0 spiro atoms. The van der Waals surface area contributed by atoms with E-state index in [0.29, 0.717) is 0 Å². The van der Waals surface area contributed by atoms with E-state index in [1.165, 1.54) is 12.1 Å². The highest BCUT2D eigenvalue weighted by Gasteiger charge is 2.24. The van der Waals surface area contributed by atoms with Crippen molar-refractivity contribution in [3.8, 4) is 11.4 Å². The summed E-state index contributed by atoms with van der Waals surface area (Å²) in [6.45, 7) is 7.24. The van der Waals surface area contributed by atoms with Crippen LogP contribution < -0.4 is 10.5 Å². The number of rotatable bonds is 3. The van der Waals surface area contributed by atoms with Crippen LogP contribution in [0.3, 0.4) is 0 Å². The zero-order valence-corrected chi connectivity index (χ0v) is 14.7. The predicted octanol–water partition coefficient (Wildman–Crippen LogP) is 3.75. The van der Waals surface area contributed by atoms with E-state index < -0.39 is 17.1 Å². The Kier molecular flexibility index (Phi) is 4.87. The highest BCUT2D eigenvalue weighted by Crippen LogP contribution is 2.33. The molecule has 0 saturated carbocycles. The zero-order valence-electron chi connectivity index (χ0n) is 13.1. The Morgan fingerprint density at radius 2 is 1.96 bits per heavy atom. The normalized spacial score (nSPS) is 11.6. The van der Waals surface area contributed by atoms with Crippen LogP contribution in [0.5, 0.6) is 5.75 Å². The third-order valence-corrected chi connectivity index (χ3v) is 3.53. The SMILES string of the molecule is CCC(=O)Oc1cc(-n2nc(C(C)(C)C)oc2=O)c(Cl)cc1Cl. The number of esters is 1. The second-order valence-electron chi connectivity index (χ2n) is 5.90. The van der Waals surface area contributed by atoms with Crippen molar-refractivity contribution >= 4 is 29.2 Å². The van der Waals surface area contributed by atoms with Crippen LogP contribution in [-0.2, 0) is 10.2 Å². The van der Waals surface area contributed by atoms with Gasteiger partial charge in [-0.05, 0) is 6.07 Å². The first-order chi connectivity index (χ1) is 10.6. The average Bonchev–Trinajstić information content (AvgIpc) is 2.83. The van der Waals surface area contributed by atoms with Crippen molar-refractivity contribution in [2.45, 2.75) is 39.5 Å². The molecule has 1 heterocycles. The summed E-state index contributed by atoms with van der Waals surface area (Å²) in [6.07, 6.45) is 0.187. The maximum absolute atomic E-state index is 12.0. The highest BCUT2D eigenvalue weighted by atomic mass is 35.5. The second kappa shape index (κ2) is 6.37. The van der Waals surface area contributed by atoms with Crippen LogP contribution in [-0.4, -0.2) is 15.7 Å². The van der Waals surface area contributed by atoms with E-state index in [4.69, 9.17) is 32.4 Å². The summed E-state index contributed by atoms with van der Waals surface area (Å²) >= 11 is 12.2. The summed E-state index contributed by atoms with van der Waals surface area (Å²) in [6, 6.07) is 2.77. The first-order valence-electron chi connectivity index (χ1n) is 6.94. The third-order valence-electron chi connectivity index (χ3n) is 2.93. The molecular formula is C15H16Cl2N2O4. The number of nitrogens with zero attached hydrogens (tertiary/aromatic N) is 2. The largest absolute Gasteiger partial charge is 0.442 e. The Morgan fingerprint density at radius 1 is 1.30 bits per heavy atom. The molecule has 0 unspecified atom stereocenters. The van der Waals surface area contributed by atoms with Gasteiger partial charge in [-0.3, -0.25) is 4.79 Å². The molecule has 0 aliphatic rings. The smallest absolute Gasteiger partial charge is 0.425 e. The van der Waals surface area contributed by atoms with Crippen molar-refractivity contribution in [1.82, 2.24) is 9.78 Å². The first-order valence-corrected chi connectivity index (χ1v) is 7.69. The fraction of sp³-hybridized carbons (Fsp3) is 0.400. The molecule has 0 bridgehead atoms. The summed E-state index contributed by atoms with van der Waals surface area (Å²) in [5.41, 5.74) is -0.222. The van der Waals surface area contributed by atoms with E-state index in [2.05, 4.69) is 5.10 Å². The van der Waals surface area contributed by atoms with Crippen LogP contribution in [0.25, 0.3) is 5.69 Å². The molecular weight excluding hydrogens is 343 g/mol. The fourth-order valence-electron chi connectivity index (χ4n) is 1.69. The molecule has 0 N–H and O–H groups in total. The molecule has 0 atom stereocenters. The molecule has 1 aromatic carbocycles. The van der Waals surface area contributed by atoms with E-state index in [1.54, 1.807) is 6.92 Å². The summed E-state index contributed by atoms with van der Waals surface area (Å²) in [5.74, 6) is -0.777. The van der Waals surface area contributed by atoms with Gasteiger partial charge in [-0.2, -0.15) is 4.68 Å². The van der Waals surface area contributed by atoms with Gasteiger partial charge < -0.3 is 9.15 Å². The minimum atomic E-state index is -0.688. The van der Waals surface area contributed by atoms with Gasteiger partial charge in [-0.15, -0.1) is 5.10 Å². The van der Waals surface area contributed by atoms with Crippen LogP contribution >= 0.6 is 23.2 Å². The van der Waals surface area contributed by atoms with Crippen molar-refractivity contribution in [3.63, 3.8) is 0 Å². The number of halogens is 2. The molecule has 1 aromatic heterocycles. The maximum Gasteiger partial charge on any atom is 0.442 e. The van der Waals surface area contributed by atoms with Crippen molar-refractivity contribution in [1.29, 1.82) is 0 Å². The Balaban J connectivity index is 2.56. The lowest BCUT2D eigenvalue weighted by molar-refractivity contribution is -0.134.